The molecule has 4 aromatic rings. The molecule has 1 atom stereocenters. The Morgan fingerprint density at radius 2 is 1.89 bits per heavy atom. The Morgan fingerprint density at radius 3 is 2.56 bits per heavy atom. The van der Waals surface area contributed by atoms with Gasteiger partial charge < -0.3 is 9.84 Å². The number of nitrogens with zero attached hydrogens (tertiary/aromatic N) is 3. The zero-order valence-electron chi connectivity index (χ0n) is 19.7. The van der Waals surface area contributed by atoms with E-state index in [0.717, 1.165) is 5.56 Å². The normalized spacial score (nSPS) is 11.6. The van der Waals surface area contributed by atoms with Crippen molar-refractivity contribution in [1.29, 1.82) is 0 Å². The lowest BCUT2D eigenvalue weighted by Crippen LogP contribution is -2.35. The lowest BCUT2D eigenvalue weighted by molar-refractivity contribution is -0.140. The number of carbonyl (C=O) groups is 2. The van der Waals surface area contributed by atoms with Crippen LogP contribution in [0.5, 0.6) is 5.88 Å². The smallest absolute Gasteiger partial charge is 0.304 e. The second-order valence-electron chi connectivity index (χ2n) is 8.15. The fourth-order valence-corrected chi connectivity index (χ4v) is 4.74. The SMILES string of the molecule is COc1ccc(-c2c(F)cccc2-c2csc(N(C)C(=O)[C@@H](CC(=O)O)Cc3ccccc3)n2)cn1. The molecule has 0 fully saturated rings. The summed E-state index contributed by atoms with van der Waals surface area (Å²) in [5.74, 6) is -2.16. The molecule has 9 heteroatoms. The van der Waals surface area contributed by atoms with E-state index in [2.05, 4.69) is 9.97 Å². The van der Waals surface area contributed by atoms with E-state index < -0.39 is 17.7 Å². The zero-order valence-corrected chi connectivity index (χ0v) is 20.5. The van der Waals surface area contributed by atoms with Crippen LogP contribution in [-0.4, -0.2) is 41.1 Å². The van der Waals surface area contributed by atoms with Crippen molar-refractivity contribution in [2.45, 2.75) is 12.8 Å². The van der Waals surface area contributed by atoms with Gasteiger partial charge in [-0.05, 0) is 24.1 Å². The summed E-state index contributed by atoms with van der Waals surface area (Å²) in [6.45, 7) is 0. The maximum atomic E-state index is 14.9. The van der Waals surface area contributed by atoms with Crippen molar-refractivity contribution in [3.63, 3.8) is 0 Å². The first-order valence-electron chi connectivity index (χ1n) is 11.2. The number of hydrogen-bond donors (Lipinski definition) is 1. The third-order valence-electron chi connectivity index (χ3n) is 5.73. The lowest BCUT2D eigenvalue weighted by Gasteiger charge is -2.21. The van der Waals surface area contributed by atoms with Crippen molar-refractivity contribution in [3.8, 4) is 28.3 Å². The minimum absolute atomic E-state index is 0.297. The van der Waals surface area contributed by atoms with Gasteiger partial charge in [0, 0.05) is 41.4 Å². The molecule has 2 aromatic carbocycles. The molecule has 1 N–H and O–H groups in total. The van der Waals surface area contributed by atoms with Gasteiger partial charge in [0.25, 0.3) is 0 Å². The van der Waals surface area contributed by atoms with Gasteiger partial charge >= 0.3 is 5.97 Å². The van der Waals surface area contributed by atoms with Gasteiger partial charge in [0.15, 0.2) is 5.13 Å². The first kappa shape index (κ1) is 25.0. The maximum Gasteiger partial charge on any atom is 0.304 e. The molecule has 4 rings (SSSR count). The molecule has 0 saturated heterocycles. The van der Waals surface area contributed by atoms with E-state index in [1.54, 1.807) is 36.7 Å². The number of benzene rings is 2. The average Bonchev–Trinajstić information content (AvgIpc) is 3.38. The Balaban J connectivity index is 1.62. The lowest BCUT2D eigenvalue weighted by atomic mass is 9.95. The predicted molar refractivity (Wildman–Crippen MR) is 137 cm³/mol. The third-order valence-corrected chi connectivity index (χ3v) is 6.65. The summed E-state index contributed by atoms with van der Waals surface area (Å²) in [6, 6.07) is 17.4. The Labute approximate surface area is 211 Å². The fraction of sp³-hybridized carbons (Fsp3) is 0.185. The van der Waals surface area contributed by atoms with Crippen LogP contribution in [-0.2, 0) is 16.0 Å². The van der Waals surface area contributed by atoms with Crippen molar-refractivity contribution in [2.24, 2.45) is 5.92 Å². The van der Waals surface area contributed by atoms with Crippen LogP contribution in [0.2, 0.25) is 0 Å². The Hall–Kier alpha value is -4.11. The first-order chi connectivity index (χ1) is 17.4. The Bertz CT molecular complexity index is 1360. The van der Waals surface area contributed by atoms with E-state index in [0.29, 0.717) is 39.8 Å². The minimum atomic E-state index is -1.05. The molecular weight excluding hydrogens is 481 g/mol. The number of aromatic nitrogens is 2. The summed E-state index contributed by atoms with van der Waals surface area (Å²) >= 11 is 1.23. The number of carboxylic acid groups (broad SMARTS) is 1. The van der Waals surface area contributed by atoms with E-state index >= 15 is 0 Å². The molecule has 184 valence electrons. The molecular formula is C27H24FN3O4S. The maximum absolute atomic E-state index is 14.9. The van der Waals surface area contributed by atoms with Crippen molar-refractivity contribution >= 4 is 28.3 Å². The molecule has 0 aliphatic heterocycles. The van der Waals surface area contributed by atoms with Crippen molar-refractivity contribution in [1.82, 2.24) is 9.97 Å². The van der Waals surface area contributed by atoms with E-state index in [1.807, 2.05) is 30.3 Å². The van der Waals surface area contributed by atoms with Gasteiger partial charge in [-0.25, -0.2) is 14.4 Å². The highest BCUT2D eigenvalue weighted by atomic mass is 32.1. The van der Waals surface area contributed by atoms with E-state index in [-0.39, 0.29) is 12.3 Å². The van der Waals surface area contributed by atoms with Gasteiger partial charge in [-0.3, -0.25) is 14.5 Å². The topological polar surface area (TPSA) is 92.6 Å². The fourth-order valence-electron chi connectivity index (χ4n) is 3.95. The van der Waals surface area contributed by atoms with E-state index in [1.165, 1.54) is 35.6 Å². The molecule has 7 nitrogen and oxygen atoms in total. The second kappa shape index (κ2) is 11.1. The summed E-state index contributed by atoms with van der Waals surface area (Å²) in [4.78, 5) is 34.9. The van der Waals surface area contributed by atoms with E-state index in [9.17, 15) is 19.1 Å². The number of ether oxygens (including phenoxy) is 1. The monoisotopic (exact) mass is 505 g/mol. The molecule has 2 aromatic heterocycles. The molecule has 2 heterocycles. The molecule has 0 bridgehead atoms. The number of aliphatic carboxylic acids is 1. The number of hydrogen-bond acceptors (Lipinski definition) is 6. The number of carboxylic acids is 1. The van der Waals surface area contributed by atoms with Gasteiger partial charge in [0.05, 0.1) is 25.1 Å². The number of anilines is 1. The predicted octanol–water partition coefficient (Wildman–Crippen LogP) is 5.32. The van der Waals surface area contributed by atoms with Crippen LogP contribution in [0.1, 0.15) is 12.0 Å². The van der Waals surface area contributed by atoms with Crippen LogP contribution < -0.4 is 9.64 Å². The van der Waals surface area contributed by atoms with Crippen molar-refractivity contribution in [2.75, 3.05) is 19.1 Å². The highest BCUT2D eigenvalue weighted by Crippen LogP contribution is 2.36. The van der Waals surface area contributed by atoms with Gasteiger partial charge in [0.2, 0.25) is 11.8 Å². The summed E-state index contributed by atoms with van der Waals surface area (Å²) in [5.41, 5.74) is 2.83. The Kier molecular flexibility index (Phi) is 7.70. The average molecular weight is 506 g/mol. The standard InChI is InChI=1S/C27H24FN3O4S/c1-31(26(34)19(14-24(32)33)13-17-7-4-3-5-8-17)27-30-22(16-36-27)20-9-6-10-21(28)25(20)18-11-12-23(35-2)29-15-18/h3-12,15-16,19H,13-14H2,1-2H3,(H,32,33)/t19-/m1/s1. The van der Waals surface area contributed by atoms with Crippen LogP contribution in [0.25, 0.3) is 22.4 Å². The Morgan fingerprint density at radius 1 is 1.11 bits per heavy atom. The molecule has 0 radical (unpaired) electrons. The van der Waals surface area contributed by atoms with E-state index in [4.69, 9.17) is 4.74 Å². The minimum Gasteiger partial charge on any atom is -0.481 e. The number of halogens is 1. The van der Waals surface area contributed by atoms with Gasteiger partial charge in [-0.2, -0.15) is 0 Å². The molecule has 0 aliphatic rings. The molecule has 0 spiro atoms. The number of rotatable bonds is 9. The molecule has 0 unspecified atom stereocenters. The van der Waals surface area contributed by atoms with Crippen LogP contribution in [0.15, 0.2) is 72.2 Å². The number of amides is 1. The number of carbonyl (C=O) groups excluding carboxylic acids is 1. The number of methoxy groups -OCH3 is 1. The van der Waals surface area contributed by atoms with Crippen molar-refractivity contribution in [3.05, 3.63) is 83.6 Å². The summed E-state index contributed by atoms with van der Waals surface area (Å²) < 4.78 is 20.0. The van der Waals surface area contributed by atoms with Gasteiger partial charge in [-0.1, -0.05) is 42.5 Å². The molecule has 0 aliphatic carbocycles. The van der Waals surface area contributed by atoms with Crippen LogP contribution in [0.4, 0.5) is 9.52 Å². The number of thiazole rings is 1. The quantitative estimate of drug-likeness (QED) is 0.331. The zero-order chi connectivity index (χ0) is 25.7. The number of pyridine rings is 1. The summed E-state index contributed by atoms with van der Waals surface area (Å²) in [5, 5.41) is 11.5. The second-order valence-corrected chi connectivity index (χ2v) is 8.99. The van der Waals surface area contributed by atoms with Gasteiger partial charge in [-0.15, -0.1) is 11.3 Å². The summed E-state index contributed by atoms with van der Waals surface area (Å²) in [6.07, 6.45) is 1.53. The highest BCUT2D eigenvalue weighted by Gasteiger charge is 2.27. The molecule has 1 amide bonds. The van der Waals surface area contributed by atoms with Crippen LogP contribution in [0, 0.1) is 11.7 Å². The first-order valence-corrected chi connectivity index (χ1v) is 12.0. The van der Waals surface area contributed by atoms with Crippen LogP contribution >= 0.6 is 11.3 Å². The summed E-state index contributed by atoms with van der Waals surface area (Å²) in [7, 11) is 3.08. The van der Waals surface area contributed by atoms with Crippen molar-refractivity contribution < 1.29 is 23.8 Å². The molecule has 36 heavy (non-hydrogen) atoms. The highest BCUT2D eigenvalue weighted by molar-refractivity contribution is 7.14. The van der Waals surface area contributed by atoms with Gasteiger partial charge in [0.1, 0.15) is 5.82 Å². The molecule has 0 saturated carbocycles. The largest absolute Gasteiger partial charge is 0.481 e. The third kappa shape index (κ3) is 5.58. The van der Waals surface area contributed by atoms with Crippen LogP contribution in [0.3, 0.4) is 0 Å².